The van der Waals surface area contributed by atoms with Gasteiger partial charge in [0.2, 0.25) is 5.78 Å². The maximum Gasteiger partial charge on any atom is 0.321 e. The number of amides is 3. The molecule has 0 bridgehead atoms. The number of halogens is 2. The average molecular weight is 504 g/mol. The number of anilines is 2. The summed E-state index contributed by atoms with van der Waals surface area (Å²) in [5.41, 5.74) is 1.50. The third-order valence-corrected chi connectivity index (χ3v) is 5.82. The largest absolute Gasteiger partial charge is 0.355 e. The number of benzene rings is 2. The number of urea groups is 1. The summed E-state index contributed by atoms with van der Waals surface area (Å²) in [5, 5.41) is 16.1. The van der Waals surface area contributed by atoms with Crippen LogP contribution in [0.5, 0.6) is 0 Å². The normalized spacial score (nSPS) is 13.9. The summed E-state index contributed by atoms with van der Waals surface area (Å²) in [6.45, 7) is 0.766. The predicted octanol–water partition coefficient (Wildman–Crippen LogP) is 3.85. The number of nitrogens with one attached hydrogen (secondary N) is 4. The van der Waals surface area contributed by atoms with Gasteiger partial charge in [0.15, 0.2) is 5.84 Å². The van der Waals surface area contributed by atoms with Gasteiger partial charge >= 0.3 is 6.03 Å². The standard InChI is InChI=1S/C22H23BrFN5O3/c1-26-21(31)14-2-4-15(5-3-14)28-22(32)29-10-8-13(9-11-29)19(30)20(25)27-16-6-7-18(24)17(23)12-16/h2-7,12-13H,8-11H2,1H3,(H2,25,27)(H,26,31)(H,28,32). The van der Waals surface area contributed by atoms with Crippen molar-refractivity contribution in [3.63, 3.8) is 0 Å². The molecule has 0 spiro atoms. The lowest BCUT2D eigenvalue weighted by Crippen LogP contribution is -2.44. The van der Waals surface area contributed by atoms with Gasteiger partial charge in [-0.2, -0.15) is 0 Å². The number of likely N-dealkylation sites (tertiary alicyclic amines) is 1. The molecule has 0 atom stereocenters. The molecule has 0 unspecified atom stereocenters. The van der Waals surface area contributed by atoms with Gasteiger partial charge in [-0.25, -0.2) is 9.18 Å². The lowest BCUT2D eigenvalue weighted by atomic mass is 9.92. The number of ketones is 1. The quantitative estimate of drug-likeness (QED) is 0.366. The molecular weight excluding hydrogens is 481 g/mol. The van der Waals surface area contributed by atoms with E-state index in [1.807, 2.05) is 0 Å². The number of amidine groups is 1. The number of Topliss-reactive ketones (excluding diaryl/α,β-unsaturated/α-hetero) is 1. The number of carbonyl (C=O) groups excluding carboxylic acids is 3. The predicted molar refractivity (Wildman–Crippen MR) is 124 cm³/mol. The van der Waals surface area contributed by atoms with Crippen molar-refractivity contribution in [3.8, 4) is 0 Å². The van der Waals surface area contributed by atoms with Crippen molar-refractivity contribution in [3.05, 3.63) is 58.3 Å². The Morgan fingerprint density at radius 1 is 1.03 bits per heavy atom. The van der Waals surface area contributed by atoms with Crippen LogP contribution in [0.3, 0.4) is 0 Å². The molecule has 0 aromatic heterocycles. The van der Waals surface area contributed by atoms with Crippen molar-refractivity contribution in [1.82, 2.24) is 10.2 Å². The summed E-state index contributed by atoms with van der Waals surface area (Å²) < 4.78 is 13.6. The fourth-order valence-corrected chi connectivity index (χ4v) is 3.76. The van der Waals surface area contributed by atoms with Gasteiger partial charge in [0.05, 0.1) is 4.47 Å². The van der Waals surface area contributed by atoms with Crippen molar-refractivity contribution in [2.45, 2.75) is 12.8 Å². The van der Waals surface area contributed by atoms with E-state index in [4.69, 9.17) is 5.41 Å². The Bertz CT molecular complexity index is 1040. The van der Waals surface area contributed by atoms with Crippen LogP contribution in [0.1, 0.15) is 23.2 Å². The summed E-state index contributed by atoms with van der Waals surface area (Å²) in [7, 11) is 1.55. The van der Waals surface area contributed by atoms with Gasteiger partial charge < -0.3 is 20.9 Å². The maximum atomic E-state index is 13.3. The van der Waals surface area contributed by atoms with Gasteiger partial charge in [-0.15, -0.1) is 0 Å². The molecule has 10 heteroatoms. The van der Waals surface area contributed by atoms with Gasteiger partial charge in [-0.3, -0.25) is 15.0 Å². The van der Waals surface area contributed by atoms with Crippen molar-refractivity contribution in [2.75, 3.05) is 30.8 Å². The lowest BCUT2D eigenvalue weighted by molar-refractivity contribution is -0.117. The number of carbonyl (C=O) groups is 3. The zero-order valence-electron chi connectivity index (χ0n) is 17.4. The molecule has 2 aromatic carbocycles. The third-order valence-electron chi connectivity index (χ3n) is 5.21. The SMILES string of the molecule is CNC(=O)c1ccc(NC(=O)N2CCC(C(=O)C(=N)Nc3ccc(F)c(Br)c3)CC2)cc1. The molecule has 0 aliphatic carbocycles. The van der Waals surface area contributed by atoms with E-state index in [-0.39, 0.29) is 33.9 Å². The molecule has 4 N–H and O–H groups in total. The Hall–Kier alpha value is -3.27. The van der Waals surface area contributed by atoms with Crippen LogP contribution in [-0.4, -0.2) is 48.6 Å². The van der Waals surface area contributed by atoms with Gasteiger partial charge in [0, 0.05) is 43.0 Å². The van der Waals surface area contributed by atoms with Crippen LogP contribution in [0.2, 0.25) is 0 Å². The number of piperidine rings is 1. The Morgan fingerprint density at radius 3 is 2.25 bits per heavy atom. The van der Waals surface area contributed by atoms with E-state index in [0.717, 1.165) is 0 Å². The van der Waals surface area contributed by atoms with E-state index in [1.54, 1.807) is 36.2 Å². The Morgan fingerprint density at radius 2 is 1.66 bits per heavy atom. The minimum atomic E-state index is -0.429. The second kappa shape index (κ2) is 10.4. The molecule has 1 saturated heterocycles. The Kier molecular flexibility index (Phi) is 7.57. The molecule has 168 valence electrons. The number of nitrogens with zero attached hydrogens (tertiary/aromatic N) is 1. The summed E-state index contributed by atoms with van der Waals surface area (Å²) in [5.74, 6) is -1.60. The van der Waals surface area contributed by atoms with Crippen LogP contribution in [0.4, 0.5) is 20.6 Å². The van der Waals surface area contributed by atoms with E-state index in [9.17, 15) is 18.8 Å². The van der Waals surface area contributed by atoms with Crippen LogP contribution in [0.25, 0.3) is 0 Å². The summed E-state index contributed by atoms with van der Waals surface area (Å²) in [6.07, 6.45) is 0.887. The second-order valence-electron chi connectivity index (χ2n) is 7.34. The molecule has 1 aliphatic heterocycles. The topological polar surface area (TPSA) is 114 Å². The Balaban J connectivity index is 1.49. The van der Waals surface area contributed by atoms with E-state index in [2.05, 4.69) is 31.9 Å². The number of hydrogen-bond acceptors (Lipinski definition) is 4. The first-order chi connectivity index (χ1) is 15.3. The highest BCUT2D eigenvalue weighted by Crippen LogP contribution is 2.22. The van der Waals surface area contributed by atoms with Crippen LogP contribution >= 0.6 is 15.9 Å². The maximum absolute atomic E-state index is 13.3. The highest BCUT2D eigenvalue weighted by molar-refractivity contribution is 9.10. The molecule has 8 nitrogen and oxygen atoms in total. The van der Waals surface area contributed by atoms with E-state index < -0.39 is 5.82 Å². The fraction of sp³-hybridized carbons (Fsp3) is 0.273. The lowest BCUT2D eigenvalue weighted by Gasteiger charge is -2.31. The van der Waals surface area contributed by atoms with Crippen LogP contribution < -0.4 is 16.0 Å². The smallest absolute Gasteiger partial charge is 0.321 e. The first-order valence-electron chi connectivity index (χ1n) is 10.0. The molecule has 0 saturated carbocycles. The zero-order valence-corrected chi connectivity index (χ0v) is 19.0. The summed E-state index contributed by atoms with van der Waals surface area (Å²) >= 11 is 3.07. The van der Waals surface area contributed by atoms with Crippen molar-refractivity contribution in [1.29, 1.82) is 5.41 Å². The molecular formula is C22H23BrFN5O3. The molecule has 32 heavy (non-hydrogen) atoms. The monoisotopic (exact) mass is 503 g/mol. The molecule has 1 aliphatic rings. The van der Waals surface area contributed by atoms with Crippen LogP contribution in [0, 0.1) is 17.1 Å². The average Bonchev–Trinajstić information content (AvgIpc) is 2.81. The highest BCUT2D eigenvalue weighted by Gasteiger charge is 2.29. The van der Waals surface area contributed by atoms with Crippen molar-refractivity contribution in [2.24, 2.45) is 5.92 Å². The summed E-state index contributed by atoms with van der Waals surface area (Å²) in [6, 6.07) is 10.4. The molecule has 1 fully saturated rings. The van der Waals surface area contributed by atoms with Crippen molar-refractivity contribution >= 4 is 50.9 Å². The number of rotatable bonds is 5. The fourth-order valence-electron chi connectivity index (χ4n) is 3.38. The minimum Gasteiger partial charge on any atom is -0.355 e. The van der Waals surface area contributed by atoms with Crippen LogP contribution in [0.15, 0.2) is 46.9 Å². The third kappa shape index (κ3) is 5.70. The second-order valence-corrected chi connectivity index (χ2v) is 8.20. The molecule has 3 amide bonds. The van der Waals surface area contributed by atoms with E-state index in [1.165, 1.54) is 18.2 Å². The van der Waals surface area contributed by atoms with Gasteiger partial charge in [0.25, 0.3) is 5.91 Å². The minimum absolute atomic E-state index is 0.207. The van der Waals surface area contributed by atoms with E-state index >= 15 is 0 Å². The van der Waals surface area contributed by atoms with Crippen LogP contribution in [-0.2, 0) is 4.79 Å². The zero-order chi connectivity index (χ0) is 23.3. The highest BCUT2D eigenvalue weighted by atomic mass is 79.9. The molecule has 1 heterocycles. The van der Waals surface area contributed by atoms with Gasteiger partial charge in [-0.05, 0) is 71.2 Å². The molecule has 2 aromatic rings. The van der Waals surface area contributed by atoms with Gasteiger partial charge in [-0.1, -0.05) is 0 Å². The van der Waals surface area contributed by atoms with Crippen molar-refractivity contribution < 1.29 is 18.8 Å². The molecule has 0 radical (unpaired) electrons. The first kappa shape index (κ1) is 23.4. The Labute approximate surface area is 193 Å². The van der Waals surface area contributed by atoms with Gasteiger partial charge in [0.1, 0.15) is 5.82 Å². The first-order valence-corrected chi connectivity index (χ1v) is 10.8. The molecule has 3 rings (SSSR count). The van der Waals surface area contributed by atoms with E-state index in [0.29, 0.717) is 42.9 Å². The number of hydrogen-bond donors (Lipinski definition) is 4. The summed E-state index contributed by atoms with van der Waals surface area (Å²) in [4.78, 5) is 38.3.